The Morgan fingerprint density at radius 1 is 1.64 bits per heavy atom. The summed E-state index contributed by atoms with van der Waals surface area (Å²) < 4.78 is 0. The van der Waals surface area contributed by atoms with E-state index in [0.29, 0.717) is 5.75 Å². The van der Waals surface area contributed by atoms with Gasteiger partial charge in [-0.3, -0.25) is 0 Å². The largest absolute Gasteiger partial charge is 0.394 e. The molecule has 3 N–H and O–H groups in total. The summed E-state index contributed by atoms with van der Waals surface area (Å²) in [7, 11) is 1.76. The van der Waals surface area contributed by atoms with Crippen molar-refractivity contribution in [2.24, 2.45) is 0 Å². The summed E-state index contributed by atoms with van der Waals surface area (Å²) in [6, 6.07) is 2.19. The van der Waals surface area contributed by atoms with Crippen molar-refractivity contribution in [2.75, 3.05) is 25.2 Å². The molecular formula is C9H18N2O2S. The van der Waals surface area contributed by atoms with Gasteiger partial charge in [-0.1, -0.05) is 0 Å². The third-order valence-electron chi connectivity index (χ3n) is 2.07. The summed E-state index contributed by atoms with van der Waals surface area (Å²) in [6.07, 6.45) is 0.0749. The molecule has 0 saturated carbocycles. The molecule has 0 aliphatic heterocycles. The molecule has 82 valence electrons. The lowest BCUT2D eigenvalue weighted by Gasteiger charge is -2.20. The Hall–Kier alpha value is -0.280. The van der Waals surface area contributed by atoms with Crippen LogP contribution in [0.15, 0.2) is 0 Å². The molecule has 0 heterocycles. The molecule has 0 saturated heterocycles. The first kappa shape index (κ1) is 13.7. The minimum Gasteiger partial charge on any atom is -0.394 e. The Kier molecular flexibility index (Phi) is 6.93. The van der Waals surface area contributed by atoms with E-state index in [9.17, 15) is 0 Å². The predicted molar refractivity (Wildman–Crippen MR) is 58.1 cm³/mol. The van der Waals surface area contributed by atoms with Crippen LogP contribution in [0, 0.1) is 11.3 Å². The van der Waals surface area contributed by atoms with Crippen LogP contribution < -0.4 is 5.32 Å². The van der Waals surface area contributed by atoms with Crippen LogP contribution in [0.1, 0.15) is 13.3 Å². The summed E-state index contributed by atoms with van der Waals surface area (Å²) in [5, 5.41) is 29.4. The molecule has 2 atom stereocenters. The average molecular weight is 218 g/mol. The summed E-state index contributed by atoms with van der Waals surface area (Å²) in [5.74, 6) is 1.31. The maximum absolute atomic E-state index is 9.05. The highest BCUT2D eigenvalue weighted by Gasteiger charge is 2.20. The Bertz CT molecular complexity index is 196. The van der Waals surface area contributed by atoms with Crippen LogP contribution >= 0.6 is 11.8 Å². The van der Waals surface area contributed by atoms with Crippen molar-refractivity contribution in [3.05, 3.63) is 0 Å². The van der Waals surface area contributed by atoms with E-state index in [0.717, 1.165) is 12.2 Å². The second kappa shape index (κ2) is 7.07. The maximum Gasteiger partial charge on any atom is 0.104 e. The topological polar surface area (TPSA) is 76.3 Å². The normalized spacial score (nSPS) is 17.1. The number of hydrogen-bond donors (Lipinski definition) is 3. The quantitative estimate of drug-likeness (QED) is 0.523. The lowest BCUT2D eigenvalue weighted by Crippen LogP contribution is -2.38. The van der Waals surface area contributed by atoms with Crippen molar-refractivity contribution in [1.29, 1.82) is 5.26 Å². The molecule has 0 aliphatic rings. The van der Waals surface area contributed by atoms with E-state index in [1.165, 1.54) is 0 Å². The minimum atomic E-state index is -0.650. The number of nitrogens with zero attached hydrogens (tertiary/aromatic N) is 1. The fourth-order valence-electron chi connectivity index (χ4n) is 0.785. The van der Waals surface area contributed by atoms with Crippen molar-refractivity contribution in [1.82, 2.24) is 5.32 Å². The maximum atomic E-state index is 9.05. The van der Waals surface area contributed by atoms with Crippen LogP contribution in [0.3, 0.4) is 0 Å². The van der Waals surface area contributed by atoms with Crippen molar-refractivity contribution in [3.8, 4) is 6.07 Å². The Balaban J connectivity index is 3.59. The number of nitrogens with one attached hydrogen (secondary N) is 1. The highest BCUT2D eigenvalue weighted by molar-refractivity contribution is 7.99. The van der Waals surface area contributed by atoms with Crippen LogP contribution in [-0.4, -0.2) is 47.0 Å². The van der Waals surface area contributed by atoms with Crippen LogP contribution in [0.2, 0.25) is 0 Å². The fraction of sp³-hybridized carbons (Fsp3) is 0.889. The van der Waals surface area contributed by atoms with Crippen molar-refractivity contribution in [2.45, 2.75) is 25.0 Å². The average Bonchev–Trinajstić information content (AvgIpc) is 2.23. The lowest BCUT2D eigenvalue weighted by atomic mass is 10.0. The summed E-state index contributed by atoms with van der Waals surface area (Å²) >= 11 is 1.54. The van der Waals surface area contributed by atoms with E-state index in [1.807, 2.05) is 6.92 Å². The Labute approximate surface area is 89.3 Å². The molecule has 0 radical (unpaired) electrons. The van der Waals surface area contributed by atoms with Gasteiger partial charge in [0.15, 0.2) is 0 Å². The zero-order chi connectivity index (χ0) is 11.0. The summed E-state index contributed by atoms with van der Waals surface area (Å²) in [5.41, 5.74) is -0.489. The minimum absolute atomic E-state index is 0.200. The molecule has 0 rings (SSSR count). The van der Waals surface area contributed by atoms with Gasteiger partial charge in [-0.25, -0.2) is 0 Å². The molecule has 0 aromatic carbocycles. The second-order valence-corrected chi connectivity index (χ2v) is 4.51. The van der Waals surface area contributed by atoms with Crippen LogP contribution in [-0.2, 0) is 0 Å². The number of nitriles is 1. The first-order valence-electron chi connectivity index (χ1n) is 4.55. The van der Waals surface area contributed by atoms with Gasteiger partial charge in [-0.15, -0.1) is 0 Å². The molecule has 0 aromatic rings. The molecule has 0 aromatic heterocycles. The van der Waals surface area contributed by atoms with Gasteiger partial charge in [0.2, 0.25) is 0 Å². The van der Waals surface area contributed by atoms with Crippen LogP contribution in [0.5, 0.6) is 0 Å². The number of aliphatic hydroxyl groups excluding tert-OH is 2. The highest BCUT2D eigenvalue weighted by Crippen LogP contribution is 2.13. The lowest BCUT2D eigenvalue weighted by molar-refractivity contribution is 0.113. The van der Waals surface area contributed by atoms with Crippen molar-refractivity contribution in [3.63, 3.8) is 0 Å². The first-order valence-corrected chi connectivity index (χ1v) is 5.70. The molecule has 0 spiro atoms. The van der Waals surface area contributed by atoms with Gasteiger partial charge < -0.3 is 15.5 Å². The van der Waals surface area contributed by atoms with Gasteiger partial charge in [-0.2, -0.15) is 17.0 Å². The van der Waals surface area contributed by atoms with E-state index < -0.39 is 11.6 Å². The molecule has 0 amide bonds. The number of hydrogen-bond acceptors (Lipinski definition) is 5. The molecule has 2 unspecified atom stereocenters. The van der Waals surface area contributed by atoms with Crippen molar-refractivity contribution >= 4 is 11.8 Å². The first-order chi connectivity index (χ1) is 6.58. The summed E-state index contributed by atoms with van der Waals surface area (Å²) in [6.45, 7) is 1.64. The number of thioether (sulfide) groups is 1. The molecule has 5 heteroatoms. The third kappa shape index (κ3) is 5.45. The van der Waals surface area contributed by atoms with E-state index in [1.54, 1.807) is 18.8 Å². The summed E-state index contributed by atoms with van der Waals surface area (Å²) in [4.78, 5) is 0. The molecule has 0 aliphatic carbocycles. The van der Waals surface area contributed by atoms with Gasteiger partial charge in [0.05, 0.1) is 18.8 Å². The zero-order valence-corrected chi connectivity index (χ0v) is 9.47. The third-order valence-corrected chi connectivity index (χ3v) is 3.18. The molecule has 14 heavy (non-hydrogen) atoms. The second-order valence-electron chi connectivity index (χ2n) is 3.36. The number of rotatable bonds is 7. The van der Waals surface area contributed by atoms with E-state index in [4.69, 9.17) is 15.5 Å². The standard InChI is InChI=1S/C9H18N2O2S/c1-9(7-10,11-2)3-4-14-6-8(13)5-12/h8,11-13H,3-6H2,1-2H3. The molecule has 0 bridgehead atoms. The Morgan fingerprint density at radius 3 is 2.71 bits per heavy atom. The van der Waals surface area contributed by atoms with Gasteiger partial charge >= 0.3 is 0 Å². The van der Waals surface area contributed by atoms with Gasteiger partial charge in [0.1, 0.15) is 5.54 Å². The Morgan fingerprint density at radius 2 is 2.29 bits per heavy atom. The van der Waals surface area contributed by atoms with Gasteiger partial charge in [0, 0.05) is 5.75 Å². The molecular weight excluding hydrogens is 200 g/mol. The van der Waals surface area contributed by atoms with E-state index in [2.05, 4.69) is 11.4 Å². The van der Waals surface area contributed by atoms with Crippen LogP contribution in [0.25, 0.3) is 0 Å². The number of aliphatic hydroxyl groups is 2. The molecule has 0 fully saturated rings. The zero-order valence-electron chi connectivity index (χ0n) is 8.66. The van der Waals surface area contributed by atoms with E-state index >= 15 is 0 Å². The molecule has 4 nitrogen and oxygen atoms in total. The van der Waals surface area contributed by atoms with Gasteiger partial charge in [-0.05, 0) is 26.1 Å². The van der Waals surface area contributed by atoms with Crippen LogP contribution in [0.4, 0.5) is 0 Å². The highest BCUT2D eigenvalue weighted by atomic mass is 32.2. The van der Waals surface area contributed by atoms with E-state index in [-0.39, 0.29) is 6.61 Å². The fourth-order valence-corrected chi connectivity index (χ4v) is 1.88. The van der Waals surface area contributed by atoms with Gasteiger partial charge in [0.25, 0.3) is 0 Å². The predicted octanol–water partition coefficient (Wildman–Crippen LogP) is -0.0354. The smallest absolute Gasteiger partial charge is 0.104 e. The monoisotopic (exact) mass is 218 g/mol. The SMILES string of the molecule is CNC(C)(C#N)CCSCC(O)CO. The van der Waals surface area contributed by atoms with Crippen molar-refractivity contribution < 1.29 is 10.2 Å².